The monoisotopic (exact) mass is 330 g/mol. The van der Waals surface area contributed by atoms with Gasteiger partial charge in [0.15, 0.2) is 5.16 Å². The molecule has 0 radical (unpaired) electrons. The van der Waals surface area contributed by atoms with E-state index < -0.39 is 0 Å². The number of hydrogen-bond donors (Lipinski definition) is 1. The number of fused-ring (bicyclic) bond motifs is 2. The lowest BCUT2D eigenvalue weighted by atomic mass is 9.96. The highest BCUT2D eigenvalue weighted by Crippen LogP contribution is 2.28. The van der Waals surface area contributed by atoms with Crippen molar-refractivity contribution in [2.75, 3.05) is 30.1 Å². The van der Waals surface area contributed by atoms with Gasteiger partial charge in [0.05, 0.1) is 17.9 Å². The number of aryl methyl sites for hydroxylation is 2. The smallest absolute Gasteiger partial charge is 0.227 e. The van der Waals surface area contributed by atoms with E-state index in [2.05, 4.69) is 21.1 Å². The Morgan fingerprint density at radius 3 is 2.91 bits per heavy atom. The fourth-order valence-electron chi connectivity index (χ4n) is 3.15. The second-order valence-electron chi connectivity index (χ2n) is 6.31. The fourth-order valence-corrected chi connectivity index (χ4v) is 4.11. The predicted molar refractivity (Wildman–Crippen MR) is 93.3 cm³/mol. The van der Waals surface area contributed by atoms with Gasteiger partial charge in [-0.3, -0.25) is 0 Å². The zero-order valence-electron chi connectivity index (χ0n) is 13.7. The Labute approximate surface area is 140 Å². The van der Waals surface area contributed by atoms with E-state index in [0.29, 0.717) is 0 Å². The van der Waals surface area contributed by atoms with Crippen LogP contribution in [0.4, 0.5) is 11.8 Å². The van der Waals surface area contributed by atoms with Crippen molar-refractivity contribution in [2.24, 2.45) is 0 Å². The fraction of sp³-hybridized carbons (Fsp3) is 0.562. The summed E-state index contributed by atoms with van der Waals surface area (Å²) in [5, 5.41) is 4.65. The molecule has 0 amide bonds. The van der Waals surface area contributed by atoms with Gasteiger partial charge in [-0.15, -0.1) is 0 Å². The van der Waals surface area contributed by atoms with Gasteiger partial charge in [0.1, 0.15) is 5.82 Å². The summed E-state index contributed by atoms with van der Waals surface area (Å²) in [6.45, 7) is 1.79. The molecule has 3 heterocycles. The van der Waals surface area contributed by atoms with Gasteiger partial charge in [0.25, 0.3) is 0 Å². The molecule has 2 aromatic rings. The molecular weight excluding hydrogens is 308 g/mol. The van der Waals surface area contributed by atoms with Crippen LogP contribution >= 0.6 is 11.8 Å². The average molecular weight is 330 g/mol. The predicted octanol–water partition coefficient (Wildman–Crippen LogP) is 2.34. The Balaban J connectivity index is 1.58. The van der Waals surface area contributed by atoms with E-state index >= 15 is 0 Å². The summed E-state index contributed by atoms with van der Waals surface area (Å²) in [6, 6.07) is 0. The lowest BCUT2D eigenvalue weighted by Crippen LogP contribution is -2.19. The molecule has 4 rings (SSSR count). The van der Waals surface area contributed by atoms with E-state index in [0.717, 1.165) is 54.3 Å². The van der Waals surface area contributed by atoms with Crippen molar-refractivity contribution < 1.29 is 0 Å². The zero-order chi connectivity index (χ0) is 15.8. The van der Waals surface area contributed by atoms with Crippen molar-refractivity contribution >= 4 is 23.5 Å². The third-order valence-electron chi connectivity index (χ3n) is 4.36. The molecule has 7 heteroatoms. The van der Waals surface area contributed by atoms with Crippen LogP contribution in [0.15, 0.2) is 11.4 Å². The molecule has 1 N–H and O–H groups in total. The summed E-state index contributed by atoms with van der Waals surface area (Å²) in [5.74, 6) is 2.91. The minimum Gasteiger partial charge on any atom is -0.364 e. The van der Waals surface area contributed by atoms with Gasteiger partial charge < -0.3 is 14.8 Å². The number of hydrogen-bond acceptors (Lipinski definition) is 6. The SMILES string of the molecule is CN(C)c1nc2c(c(NCc3cn4c(n3)SCC4)n1)CCCC2. The molecular formula is C16H22N6S. The largest absolute Gasteiger partial charge is 0.364 e. The van der Waals surface area contributed by atoms with Crippen molar-refractivity contribution in [2.45, 2.75) is 43.9 Å². The molecule has 2 aliphatic rings. The van der Waals surface area contributed by atoms with Crippen LogP contribution in [0, 0.1) is 0 Å². The number of thioether (sulfide) groups is 1. The van der Waals surface area contributed by atoms with Crippen molar-refractivity contribution in [3.8, 4) is 0 Å². The first kappa shape index (κ1) is 14.8. The molecule has 0 saturated heterocycles. The molecule has 0 spiro atoms. The van der Waals surface area contributed by atoms with E-state index in [1.807, 2.05) is 30.8 Å². The third-order valence-corrected chi connectivity index (χ3v) is 5.33. The summed E-state index contributed by atoms with van der Waals surface area (Å²) in [6.07, 6.45) is 6.73. The number of nitrogens with one attached hydrogen (secondary N) is 1. The lowest BCUT2D eigenvalue weighted by molar-refractivity contribution is 0.662. The Morgan fingerprint density at radius 2 is 2.09 bits per heavy atom. The maximum Gasteiger partial charge on any atom is 0.227 e. The molecule has 0 unspecified atom stereocenters. The molecule has 23 heavy (non-hydrogen) atoms. The third kappa shape index (κ3) is 2.89. The van der Waals surface area contributed by atoms with Gasteiger partial charge in [0.2, 0.25) is 5.95 Å². The van der Waals surface area contributed by atoms with Gasteiger partial charge in [-0.25, -0.2) is 9.97 Å². The second-order valence-corrected chi connectivity index (χ2v) is 7.37. The van der Waals surface area contributed by atoms with Crippen LogP contribution in [-0.2, 0) is 25.9 Å². The van der Waals surface area contributed by atoms with Crippen LogP contribution in [0.1, 0.15) is 29.8 Å². The topological polar surface area (TPSA) is 58.9 Å². The van der Waals surface area contributed by atoms with Gasteiger partial charge >= 0.3 is 0 Å². The standard InChI is InChI=1S/C16H22N6S/c1-21(2)15-19-13-6-4-3-5-12(13)14(20-15)17-9-11-10-22-7-8-23-16(22)18-11/h10H,3-9H2,1-2H3,(H,17,19,20). The van der Waals surface area contributed by atoms with Crippen molar-refractivity contribution in [3.63, 3.8) is 0 Å². The number of aromatic nitrogens is 4. The van der Waals surface area contributed by atoms with Gasteiger partial charge in [-0.2, -0.15) is 4.98 Å². The minimum atomic E-state index is 0.719. The number of nitrogens with zero attached hydrogens (tertiary/aromatic N) is 5. The highest BCUT2D eigenvalue weighted by molar-refractivity contribution is 7.99. The maximum atomic E-state index is 4.73. The van der Waals surface area contributed by atoms with E-state index in [4.69, 9.17) is 9.97 Å². The van der Waals surface area contributed by atoms with E-state index in [9.17, 15) is 0 Å². The first-order chi connectivity index (χ1) is 11.2. The van der Waals surface area contributed by atoms with Gasteiger partial charge in [-0.1, -0.05) is 11.8 Å². The summed E-state index contributed by atoms with van der Waals surface area (Å²) < 4.78 is 2.24. The van der Waals surface area contributed by atoms with Crippen molar-refractivity contribution in [1.82, 2.24) is 19.5 Å². The molecule has 6 nitrogen and oxygen atoms in total. The van der Waals surface area contributed by atoms with Crippen LogP contribution in [-0.4, -0.2) is 39.4 Å². The number of anilines is 2. The summed E-state index contributed by atoms with van der Waals surface area (Å²) in [5.41, 5.74) is 3.59. The Kier molecular flexibility index (Phi) is 3.88. The number of imidazole rings is 1. The quantitative estimate of drug-likeness (QED) is 0.928. The van der Waals surface area contributed by atoms with E-state index in [-0.39, 0.29) is 0 Å². The number of rotatable bonds is 4. The molecule has 2 aromatic heterocycles. The van der Waals surface area contributed by atoms with Gasteiger partial charge in [0, 0.05) is 38.2 Å². The average Bonchev–Trinajstić information content (AvgIpc) is 3.13. The Morgan fingerprint density at radius 1 is 1.22 bits per heavy atom. The Hall–Kier alpha value is -1.76. The minimum absolute atomic E-state index is 0.719. The highest BCUT2D eigenvalue weighted by atomic mass is 32.2. The first-order valence-corrected chi connectivity index (χ1v) is 9.19. The first-order valence-electron chi connectivity index (χ1n) is 8.20. The Bertz CT molecular complexity index is 702. The lowest BCUT2D eigenvalue weighted by Gasteiger charge is -2.21. The summed E-state index contributed by atoms with van der Waals surface area (Å²) in [4.78, 5) is 16.1. The van der Waals surface area contributed by atoms with Crippen LogP contribution in [0.5, 0.6) is 0 Å². The van der Waals surface area contributed by atoms with Gasteiger partial charge in [-0.05, 0) is 25.7 Å². The molecule has 0 bridgehead atoms. The van der Waals surface area contributed by atoms with E-state index in [1.54, 1.807) is 0 Å². The van der Waals surface area contributed by atoms with Crippen LogP contribution in [0.3, 0.4) is 0 Å². The molecule has 0 atom stereocenters. The normalized spacial score (nSPS) is 16.1. The van der Waals surface area contributed by atoms with Crippen LogP contribution in [0.25, 0.3) is 0 Å². The summed E-state index contributed by atoms with van der Waals surface area (Å²) in [7, 11) is 3.98. The molecule has 122 valence electrons. The van der Waals surface area contributed by atoms with Crippen LogP contribution in [0.2, 0.25) is 0 Å². The highest BCUT2D eigenvalue weighted by Gasteiger charge is 2.19. The van der Waals surface area contributed by atoms with Crippen LogP contribution < -0.4 is 10.2 Å². The molecule has 0 aromatic carbocycles. The molecule has 1 aliphatic carbocycles. The van der Waals surface area contributed by atoms with Crippen molar-refractivity contribution in [1.29, 1.82) is 0 Å². The van der Waals surface area contributed by atoms with E-state index in [1.165, 1.54) is 24.1 Å². The zero-order valence-corrected chi connectivity index (χ0v) is 14.5. The molecule has 1 aliphatic heterocycles. The summed E-state index contributed by atoms with van der Waals surface area (Å²) >= 11 is 1.83. The molecule has 0 fully saturated rings. The molecule has 0 saturated carbocycles. The van der Waals surface area contributed by atoms with Crippen molar-refractivity contribution in [3.05, 3.63) is 23.1 Å². The second kappa shape index (κ2) is 6.03. The maximum absolute atomic E-state index is 4.73.